The zero-order chi connectivity index (χ0) is 30.8. The highest BCUT2D eigenvalue weighted by molar-refractivity contribution is 7.92. The number of rotatable bonds is 12. The number of anilines is 1. The molecule has 0 radical (unpaired) electrons. The van der Waals surface area contributed by atoms with Crippen molar-refractivity contribution in [3.63, 3.8) is 0 Å². The first-order valence-electron chi connectivity index (χ1n) is 13.1. The van der Waals surface area contributed by atoms with Crippen molar-refractivity contribution in [2.45, 2.75) is 19.6 Å². The number of carbonyl (C=O) groups excluding carboxylic acids is 2. The van der Waals surface area contributed by atoms with Gasteiger partial charge in [-0.05, 0) is 48.0 Å². The number of pyridine rings is 1. The van der Waals surface area contributed by atoms with Crippen molar-refractivity contribution in [1.82, 2.24) is 15.6 Å². The van der Waals surface area contributed by atoms with Gasteiger partial charge in [-0.1, -0.05) is 54.1 Å². The Morgan fingerprint density at radius 3 is 2.44 bits per heavy atom. The van der Waals surface area contributed by atoms with Crippen LogP contribution >= 0.6 is 11.6 Å². The minimum atomic E-state index is -3.71. The van der Waals surface area contributed by atoms with Crippen molar-refractivity contribution in [1.29, 1.82) is 5.26 Å². The van der Waals surface area contributed by atoms with E-state index >= 15 is 0 Å². The van der Waals surface area contributed by atoms with Crippen molar-refractivity contribution in [3.05, 3.63) is 124 Å². The molecular formula is C31H28ClN5O5S. The molecule has 0 saturated carbocycles. The molecule has 1 heterocycles. The minimum absolute atomic E-state index is 0.00289. The van der Waals surface area contributed by atoms with Crippen molar-refractivity contribution >= 4 is 39.1 Å². The number of nitrogens with one attached hydrogen (secondary N) is 2. The molecule has 0 aliphatic heterocycles. The van der Waals surface area contributed by atoms with Gasteiger partial charge in [-0.3, -0.25) is 18.9 Å². The van der Waals surface area contributed by atoms with Crippen LogP contribution in [0.3, 0.4) is 0 Å². The fraction of sp³-hybridized carbons (Fsp3) is 0.161. The van der Waals surface area contributed by atoms with Crippen LogP contribution < -0.4 is 19.7 Å². The van der Waals surface area contributed by atoms with E-state index in [-0.39, 0.29) is 54.2 Å². The van der Waals surface area contributed by atoms with Gasteiger partial charge in [0.25, 0.3) is 11.8 Å². The fourth-order valence-corrected chi connectivity index (χ4v) is 5.17. The molecule has 1 aromatic heterocycles. The highest BCUT2D eigenvalue weighted by Gasteiger charge is 2.21. The normalized spacial score (nSPS) is 10.8. The van der Waals surface area contributed by atoms with Crippen LogP contribution in [0.5, 0.6) is 5.75 Å². The van der Waals surface area contributed by atoms with Crippen molar-refractivity contribution in [2.75, 3.05) is 17.2 Å². The maximum atomic E-state index is 13.2. The molecule has 0 aliphatic rings. The Hall–Kier alpha value is -4.92. The minimum Gasteiger partial charge on any atom is -0.483 e. The topological polar surface area (TPSA) is 141 Å². The number of carbonyl (C=O) groups is 2. The number of hydrogen-bond donors (Lipinski definition) is 2. The number of sulfonamides is 1. The van der Waals surface area contributed by atoms with Gasteiger partial charge in [0, 0.05) is 28.9 Å². The van der Waals surface area contributed by atoms with Gasteiger partial charge in [0.15, 0.2) is 6.61 Å². The summed E-state index contributed by atoms with van der Waals surface area (Å²) in [4.78, 5) is 29.7. The third kappa shape index (κ3) is 9.03. The van der Waals surface area contributed by atoms with E-state index in [1.54, 1.807) is 42.6 Å². The van der Waals surface area contributed by atoms with Gasteiger partial charge in [-0.25, -0.2) is 8.42 Å². The molecule has 0 saturated heterocycles. The number of benzene rings is 3. The lowest BCUT2D eigenvalue weighted by atomic mass is 10.1. The van der Waals surface area contributed by atoms with E-state index in [0.717, 1.165) is 11.8 Å². The van der Waals surface area contributed by atoms with Crippen LogP contribution in [0.1, 0.15) is 32.7 Å². The van der Waals surface area contributed by atoms with Crippen LogP contribution in [0, 0.1) is 11.3 Å². The Morgan fingerprint density at radius 1 is 0.977 bits per heavy atom. The van der Waals surface area contributed by atoms with Gasteiger partial charge in [0.1, 0.15) is 5.75 Å². The molecule has 0 aliphatic carbocycles. The quantitative estimate of drug-likeness (QED) is 0.243. The van der Waals surface area contributed by atoms with Gasteiger partial charge in [-0.2, -0.15) is 5.26 Å². The summed E-state index contributed by atoms with van der Waals surface area (Å²) in [5.74, 6) is -0.647. The summed E-state index contributed by atoms with van der Waals surface area (Å²) < 4.78 is 32.2. The maximum absolute atomic E-state index is 13.2. The van der Waals surface area contributed by atoms with Crippen LogP contribution in [0.2, 0.25) is 5.02 Å². The van der Waals surface area contributed by atoms with Crippen LogP contribution in [-0.4, -0.2) is 38.1 Å². The van der Waals surface area contributed by atoms with Crippen LogP contribution in [0.25, 0.3) is 0 Å². The first-order valence-corrected chi connectivity index (χ1v) is 15.3. The summed E-state index contributed by atoms with van der Waals surface area (Å²) in [5.41, 5.74) is 2.68. The number of hydrogen-bond acceptors (Lipinski definition) is 7. The average Bonchev–Trinajstić information content (AvgIpc) is 3.00. The SMILES string of the molecule is CS(=O)(=O)N(Cc1ccccc1)c1cc(Cl)cc(C(=O)NCc2ccc(C#N)cc2OCC(=O)NCc2ccccn2)c1. The van der Waals surface area contributed by atoms with Crippen molar-refractivity contribution < 1.29 is 22.7 Å². The third-order valence-electron chi connectivity index (χ3n) is 6.19. The molecule has 10 nitrogen and oxygen atoms in total. The van der Waals surface area contributed by atoms with E-state index in [0.29, 0.717) is 16.8 Å². The summed E-state index contributed by atoms with van der Waals surface area (Å²) >= 11 is 6.31. The number of aromatic nitrogens is 1. The molecule has 0 fully saturated rings. The highest BCUT2D eigenvalue weighted by atomic mass is 35.5. The van der Waals surface area contributed by atoms with Gasteiger partial charge in [0.2, 0.25) is 10.0 Å². The fourth-order valence-electron chi connectivity index (χ4n) is 4.07. The number of halogens is 1. The molecule has 2 N–H and O–H groups in total. The molecule has 0 spiro atoms. The zero-order valence-electron chi connectivity index (χ0n) is 23.2. The van der Waals surface area contributed by atoms with Gasteiger partial charge < -0.3 is 15.4 Å². The second kappa shape index (κ2) is 14.3. The second-order valence-electron chi connectivity index (χ2n) is 9.46. The molecule has 4 rings (SSSR count). The number of nitrogens with zero attached hydrogens (tertiary/aromatic N) is 3. The number of nitriles is 1. The summed E-state index contributed by atoms with van der Waals surface area (Å²) in [6, 6.07) is 25.5. The maximum Gasteiger partial charge on any atom is 0.258 e. The smallest absolute Gasteiger partial charge is 0.258 e. The number of ether oxygens (including phenoxy) is 1. The Morgan fingerprint density at radius 2 is 1.74 bits per heavy atom. The molecule has 43 heavy (non-hydrogen) atoms. The molecular weight excluding hydrogens is 590 g/mol. The molecule has 3 aromatic carbocycles. The molecule has 0 bridgehead atoms. The van der Waals surface area contributed by atoms with E-state index < -0.39 is 15.9 Å². The van der Waals surface area contributed by atoms with E-state index in [1.165, 1.54) is 28.6 Å². The Balaban J connectivity index is 1.46. The summed E-state index contributed by atoms with van der Waals surface area (Å²) in [5, 5.41) is 15.0. The third-order valence-corrected chi connectivity index (χ3v) is 7.55. The van der Waals surface area contributed by atoms with Gasteiger partial charge in [0.05, 0.1) is 42.4 Å². The van der Waals surface area contributed by atoms with E-state index in [4.69, 9.17) is 16.3 Å². The predicted octanol–water partition coefficient (Wildman–Crippen LogP) is 4.20. The van der Waals surface area contributed by atoms with Crippen LogP contribution in [0.15, 0.2) is 91.1 Å². The lowest BCUT2D eigenvalue weighted by molar-refractivity contribution is -0.123. The summed E-state index contributed by atoms with van der Waals surface area (Å²) in [6.07, 6.45) is 2.71. The monoisotopic (exact) mass is 617 g/mol. The van der Waals surface area contributed by atoms with Crippen molar-refractivity contribution in [3.8, 4) is 11.8 Å². The van der Waals surface area contributed by atoms with Crippen molar-refractivity contribution in [2.24, 2.45) is 0 Å². The second-order valence-corrected chi connectivity index (χ2v) is 11.8. The molecule has 220 valence electrons. The van der Waals surface area contributed by atoms with Gasteiger partial charge in [-0.15, -0.1) is 0 Å². The Kier molecular flexibility index (Phi) is 10.3. The van der Waals surface area contributed by atoms with Crippen LogP contribution in [0.4, 0.5) is 5.69 Å². The molecule has 0 unspecified atom stereocenters. The Labute approximate surface area is 254 Å². The molecule has 4 aromatic rings. The van der Waals surface area contributed by atoms with Gasteiger partial charge >= 0.3 is 0 Å². The largest absolute Gasteiger partial charge is 0.483 e. The zero-order valence-corrected chi connectivity index (χ0v) is 24.7. The lowest BCUT2D eigenvalue weighted by Crippen LogP contribution is -2.30. The first-order chi connectivity index (χ1) is 20.6. The average molecular weight is 618 g/mol. The molecule has 2 amide bonds. The van der Waals surface area contributed by atoms with E-state index in [9.17, 15) is 23.3 Å². The molecule has 0 atom stereocenters. The van der Waals surface area contributed by atoms with Crippen LogP contribution in [-0.2, 0) is 34.5 Å². The number of amides is 2. The summed E-state index contributed by atoms with van der Waals surface area (Å²) in [6.45, 7) is -0.0312. The Bertz CT molecular complexity index is 1750. The summed E-state index contributed by atoms with van der Waals surface area (Å²) in [7, 11) is -3.71. The van der Waals surface area contributed by atoms with E-state index in [2.05, 4.69) is 15.6 Å². The predicted molar refractivity (Wildman–Crippen MR) is 163 cm³/mol. The standard InChI is InChI=1S/C31H28ClN5O5S/c1-43(40,41)37(20-22-7-3-2-4-8-22)28-15-25(14-26(32)16-28)31(39)36-18-24-11-10-23(17-33)13-29(24)42-21-30(38)35-19-27-9-5-6-12-34-27/h2-16H,18-21H2,1H3,(H,35,38)(H,36,39). The first kappa shape index (κ1) is 31.0. The molecule has 12 heteroatoms. The lowest BCUT2D eigenvalue weighted by Gasteiger charge is -2.23. The highest BCUT2D eigenvalue weighted by Crippen LogP contribution is 2.27. The van der Waals surface area contributed by atoms with E-state index in [1.807, 2.05) is 30.3 Å².